The van der Waals surface area contributed by atoms with Crippen LogP contribution in [0.15, 0.2) is 24.3 Å². The molecule has 0 bridgehead atoms. The number of benzene rings is 1. The number of hydrogen-bond donors (Lipinski definition) is 1. The van der Waals surface area contributed by atoms with Crippen molar-refractivity contribution in [2.45, 2.75) is 38.8 Å². The quantitative estimate of drug-likeness (QED) is 0.911. The van der Waals surface area contributed by atoms with E-state index in [0.717, 1.165) is 6.42 Å². The standard InChI is InChI=1S/C15H20N2O3/c1-4-7-11-15(19)17(10(2)14(18)16-11)12-8-5-6-9-13(12)20-3/h5-6,8-11H,4,7H2,1-3H3,(H,16,18). The lowest BCUT2D eigenvalue weighted by molar-refractivity contribution is -0.133. The van der Waals surface area contributed by atoms with E-state index in [2.05, 4.69) is 5.32 Å². The SMILES string of the molecule is CCCC1NC(=O)C(C)N(c2ccccc2OC)C1=O. The molecule has 108 valence electrons. The molecule has 2 rings (SSSR count). The molecule has 5 nitrogen and oxygen atoms in total. The molecule has 5 heteroatoms. The van der Waals surface area contributed by atoms with E-state index < -0.39 is 12.1 Å². The van der Waals surface area contributed by atoms with Crippen LogP contribution in [0.2, 0.25) is 0 Å². The average Bonchev–Trinajstić information content (AvgIpc) is 2.46. The van der Waals surface area contributed by atoms with Gasteiger partial charge in [0.25, 0.3) is 0 Å². The van der Waals surface area contributed by atoms with Gasteiger partial charge in [0.1, 0.15) is 17.8 Å². The number of hydrogen-bond acceptors (Lipinski definition) is 3. The van der Waals surface area contributed by atoms with Gasteiger partial charge in [-0.15, -0.1) is 0 Å². The minimum Gasteiger partial charge on any atom is -0.495 e. The number of ether oxygens (including phenoxy) is 1. The first-order valence-electron chi connectivity index (χ1n) is 6.86. The molecule has 1 aliphatic rings. The highest BCUT2D eigenvalue weighted by Gasteiger charge is 2.39. The Morgan fingerprint density at radius 1 is 1.30 bits per heavy atom. The molecule has 0 aliphatic carbocycles. The molecular weight excluding hydrogens is 256 g/mol. The van der Waals surface area contributed by atoms with Gasteiger partial charge >= 0.3 is 0 Å². The summed E-state index contributed by atoms with van der Waals surface area (Å²) < 4.78 is 5.30. The zero-order valence-electron chi connectivity index (χ0n) is 12.1. The van der Waals surface area contributed by atoms with Crippen LogP contribution in [0.3, 0.4) is 0 Å². The van der Waals surface area contributed by atoms with Crippen LogP contribution in [0.5, 0.6) is 5.75 Å². The Morgan fingerprint density at radius 2 is 2.00 bits per heavy atom. The van der Waals surface area contributed by atoms with E-state index in [1.165, 1.54) is 4.90 Å². The highest BCUT2D eigenvalue weighted by Crippen LogP contribution is 2.31. The van der Waals surface area contributed by atoms with E-state index in [0.29, 0.717) is 17.9 Å². The van der Waals surface area contributed by atoms with E-state index >= 15 is 0 Å². The second-order valence-electron chi connectivity index (χ2n) is 4.91. The van der Waals surface area contributed by atoms with Crippen LogP contribution in [-0.4, -0.2) is 31.0 Å². The topological polar surface area (TPSA) is 58.6 Å². The second kappa shape index (κ2) is 5.94. The summed E-state index contributed by atoms with van der Waals surface area (Å²) in [7, 11) is 1.56. The predicted molar refractivity (Wildman–Crippen MR) is 76.8 cm³/mol. The first kappa shape index (κ1) is 14.4. The number of para-hydroxylation sites is 2. The molecule has 2 amide bonds. The molecule has 2 unspecified atom stereocenters. The van der Waals surface area contributed by atoms with Crippen molar-refractivity contribution in [3.8, 4) is 5.75 Å². The fourth-order valence-electron chi connectivity index (χ4n) is 2.47. The lowest BCUT2D eigenvalue weighted by atomic mass is 10.0. The van der Waals surface area contributed by atoms with Crippen molar-refractivity contribution in [2.24, 2.45) is 0 Å². The Kier molecular flexibility index (Phi) is 4.27. The summed E-state index contributed by atoms with van der Waals surface area (Å²) in [5.41, 5.74) is 0.642. The van der Waals surface area contributed by atoms with Crippen LogP contribution in [0.4, 0.5) is 5.69 Å². The first-order chi connectivity index (χ1) is 9.60. The maximum absolute atomic E-state index is 12.6. The predicted octanol–water partition coefficient (Wildman–Crippen LogP) is 1.72. The molecule has 0 spiro atoms. The van der Waals surface area contributed by atoms with E-state index in [1.54, 1.807) is 26.2 Å². The number of piperazine rings is 1. The number of nitrogens with zero attached hydrogens (tertiary/aromatic N) is 1. The summed E-state index contributed by atoms with van der Waals surface area (Å²) in [5.74, 6) is 0.384. The molecule has 0 saturated carbocycles. The lowest BCUT2D eigenvalue weighted by Gasteiger charge is -2.37. The second-order valence-corrected chi connectivity index (χ2v) is 4.91. The van der Waals surface area contributed by atoms with Gasteiger partial charge in [-0.1, -0.05) is 25.5 Å². The number of amides is 2. The van der Waals surface area contributed by atoms with Crippen LogP contribution in [0, 0.1) is 0 Å². The Bertz CT molecular complexity index is 516. The zero-order valence-corrected chi connectivity index (χ0v) is 12.1. The molecule has 1 aromatic carbocycles. The van der Waals surface area contributed by atoms with Gasteiger partial charge in [-0.25, -0.2) is 0 Å². The fraction of sp³-hybridized carbons (Fsp3) is 0.467. The van der Waals surface area contributed by atoms with Crippen LogP contribution < -0.4 is 15.0 Å². The van der Waals surface area contributed by atoms with Crippen molar-refractivity contribution >= 4 is 17.5 Å². The van der Waals surface area contributed by atoms with Crippen molar-refractivity contribution in [2.75, 3.05) is 12.0 Å². The monoisotopic (exact) mass is 276 g/mol. The Labute approximate surface area is 118 Å². The third kappa shape index (κ3) is 2.48. The van der Waals surface area contributed by atoms with Crippen molar-refractivity contribution in [1.82, 2.24) is 5.32 Å². The molecule has 0 radical (unpaired) electrons. The molecule has 1 aromatic rings. The average molecular weight is 276 g/mol. The van der Waals surface area contributed by atoms with Gasteiger partial charge in [0.05, 0.1) is 12.8 Å². The summed E-state index contributed by atoms with van der Waals surface area (Å²) in [6, 6.07) is 6.27. The van der Waals surface area contributed by atoms with Gasteiger partial charge in [-0.3, -0.25) is 14.5 Å². The molecule has 20 heavy (non-hydrogen) atoms. The van der Waals surface area contributed by atoms with E-state index in [9.17, 15) is 9.59 Å². The number of methoxy groups -OCH3 is 1. The zero-order chi connectivity index (χ0) is 14.7. The van der Waals surface area contributed by atoms with Gasteiger partial charge in [-0.05, 0) is 25.5 Å². The van der Waals surface area contributed by atoms with Crippen LogP contribution in [-0.2, 0) is 9.59 Å². The smallest absolute Gasteiger partial charge is 0.250 e. The highest BCUT2D eigenvalue weighted by atomic mass is 16.5. The van der Waals surface area contributed by atoms with Crippen molar-refractivity contribution in [3.63, 3.8) is 0 Å². The normalized spacial score (nSPS) is 22.6. The maximum atomic E-state index is 12.6. The largest absolute Gasteiger partial charge is 0.495 e. The van der Waals surface area contributed by atoms with Gasteiger partial charge in [0.15, 0.2) is 0 Å². The molecule has 1 saturated heterocycles. The van der Waals surface area contributed by atoms with Crippen molar-refractivity contribution in [1.29, 1.82) is 0 Å². The number of nitrogens with one attached hydrogen (secondary N) is 1. The van der Waals surface area contributed by atoms with E-state index in [-0.39, 0.29) is 11.8 Å². The summed E-state index contributed by atoms with van der Waals surface area (Å²) >= 11 is 0. The minimum absolute atomic E-state index is 0.0801. The van der Waals surface area contributed by atoms with E-state index in [1.807, 2.05) is 19.1 Å². The highest BCUT2D eigenvalue weighted by molar-refractivity contribution is 6.08. The summed E-state index contributed by atoms with van der Waals surface area (Å²) in [4.78, 5) is 26.2. The minimum atomic E-state index is -0.535. The molecular formula is C15H20N2O3. The number of carbonyl (C=O) groups excluding carboxylic acids is 2. The first-order valence-corrected chi connectivity index (χ1v) is 6.86. The molecule has 2 atom stereocenters. The summed E-state index contributed by atoms with van der Waals surface area (Å²) in [5, 5.41) is 2.78. The van der Waals surface area contributed by atoms with Gasteiger partial charge < -0.3 is 10.1 Å². The van der Waals surface area contributed by atoms with Crippen LogP contribution >= 0.6 is 0 Å². The van der Waals surface area contributed by atoms with Crippen LogP contribution in [0.1, 0.15) is 26.7 Å². The Morgan fingerprint density at radius 3 is 2.65 bits per heavy atom. The van der Waals surface area contributed by atoms with Gasteiger partial charge in [-0.2, -0.15) is 0 Å². The number of anilines is 1. The number of carbonyl (C=O) groups is 2. The van der Waals surface area contributed by atoms with Crippen LogP contribution in [0.25, 0.3) is 0 Å². The maximum Gasteiger partial charge on any atom is 0.250 e. The summed E-state index contributed by atoms with van der Waals surface area (Å²) in [6.45, 7) is 3.72. The van der Waals surface area contributed by atoms with Gasteiger partial charge in [0, 0.05) is 0 Å². The third-order valence-corrected chi connectivity index (χ3v) is 3.54. The van der Waals surface area contributed by atoms with Crippen molar-refractivity contribution in [3.05, 3.63) is 24.3 Å². The lowest BCUT2D eigenvalue weighted by Crippen LogP contribution is -2.62. The van der Waals surface area contributed by atoms with E-state index in [4.69, 9.17) is 4.74 Å². The molecule has 1 fully saturated rings. The van der Waals surface area contributed by atoms with Gasteiger partial charge in [0.2, 0.25) is 11.8 Å². The fourth-order valence-corrected chi connectivity index (χ4v) is 2.47. The molecule has 1 heterocycles. The third-order valence-electron chi connectivity index (χ3n) is 3.54. The molecule has 1 N–H and O–H groups in total. The summed E-state index contributed by atoms with van der Waals surface area (Å²) in [6.07, 6.45) is 1.48. The molecule has 0 aromatic heterocycles. The van der Waals surface area contributed by atoms with Crippen molar-refractivity contribution < 1.29 is 14.3 Å². The Hall–Kier alpha value is -2.04. The Balaban J connectivity index is 2.40. The molecule has 1 aliphatic heterocycles. The number of rotatable bonds is 4.